The van der Waals surface area contributed by atoms with Gasteiger partial charge < -0.3 is 4.84 Å². The first-order valence-electron chi connectivity index (χ1n) is 8.31. The van der Waals surface area contributed by atoms with Gasteiger partial charge in [-0.3, -0.25) is 0 Å². The zero-order valence-corrected chi connectivity index (χ0v) is 14.0. The average Bonchev–Trinajstić information content (AvgIpc) is 2.62. The van der Waals surface area contributed by atoms with Crippen molar-refractivity contribution in [2.24, 2.45) is 5.16 Å². The van der Waals surface area contributed by atoms with E-state index in [0.717, 1.165) is 22.1 Å². The summed E-state index contributed by atoms with van der Waals surface area (Å²) in [5, 5.41) is 4.78. The SMILES string of the molecule is Clc1ccc(CON=Cc2ccc(C3CCCCC3)cc2)cc1. The first kappa shape index (κ1) is 16.1. The predicted octanol–water partition coefficient (Wildman–Crippen LogP) is 5.94. The number of hydrogen-bond acceptors (Lipinski definition) is 2. The van der Waals surface area contributed by atoms with Gasteiger partial charge in [0.25, 0.3) is 0 Å². The van der Waals surface area contributed by atoms with Crippen molar-refractivity contribution in [3.63, 3.8) is 0 Å². The molecule has 23 heavy (non-hydrogen) atoms. The number of benzene rings is 2. The summed E-state index contributed by atoms with van der Waals surface area (Å²) in [5.41, 5.74) is 3.59. The van der Waals surface area contributed by atoms with Crippen molar-refractivity contribution in [3.05, 3.63) is 70.2 Å². The summed E-state index contributed by atoms with van der Waals surface area (Å²) in [6.07, 6.45) is 8.56. The van der Waals surface area contributed by atoms with Crippen LogP contribution in [0.5, 0.6) is 0 Å². The van der Waals surface area contributed by atoms with E-state index in [9.17, 15) is 0 Å². The minimum Gasteiger partial charge on any atom is -0.391 e. The number of hydrogen-bond donors (Lipinski definition) is 0. The summed E-state index contributed by atoms with van der Waals surface area (Å²) >= 11 is 5.85. The first-order valence-corrected chi connectivity index (χ1v) is 8.69. The molecular formula is C20H22ClNO. The lowest BCUT2D eigenvalue weighted by atomic mass is 9.84. The minimum absolute atomic E-state index is 0.452. The fourth-order valence-corrected chi connectivity index (χ4v) is 3.21. The third kappa shape index (κ3) is 4.84. The Kier molecular flexibility index (Phi) is 5.71. The van der Waals surface area contributed by atoms with Crippen molar-refractivity contribution < 1.29 is 4.84 Å². The highest BCUT2D eigenvalue weighted by molar-refractivity contribution is 6.30. The van der Waals surface area contributed by atoms with Crippen molar-refractivity contribution >= 4 is 17.8 Å². The molecular weight excluding hydrogens is 306 g/mol. The number of halogens is 1. The van der Waals surface area contributed by atoms with Gasteiger partial charge in [0.2, 0.25) is 0 Å². The molecule has 1 aliphatic carbocycles. The summed E-state index contributed by atoms with van der Waals surface area (Å²) in [7, 11) is 0. The number of nitrogens with zero attached hydrogens (tertiary/aromatic N) is 1. The zero-order valence-electron chi connectivity index (χ0n) is 13.2. The Labute approximate surface area is 143 Å². The van der Waals surface area contributed by atoms with Gasteiger partial charge in [0.1, 0.15) is 6.61 Å². The molecule has 2 nitrogen and oxygen atoms in total. The highest BCUT2D eigenvalue weighted by Gasteiger charge is 2.14. The Morgan fingerprint density at radius 3 is 2.35 bits per heavy atom. The normalized spacial score (nSPS) is 15.9. The van der Waals surface area contributed by atoms with Gasteiger partial charge >= 0.3 is 0 Å². The van der Waals surface area contributed by atoms with Gasteiger partial charge in [-0.25, -0.2) is 0 Å². The average molecular weight is 328 g/mol. The molecule has 2 aromatic rings. The molecule has 3 heteroatoms. The van der Waals surface area contributed by atoms with Crippen LogP contribution in [0.4, 0.5) is 0 Å². The summed E-state index contributed by atoms with van der Waals surface area (Å²) in [6, 6.07) is 16.3. The molecule has 0 heterocycles. The molecule has 1 saturated carbocycles. The van der Waals surface area contributed by atoms with Crippen LogP contribution in [-0.2, 0) is 11.4 Å². The third-order valence-electron chi connectivity index (χ3n) is 4.43. The standard InChI is InChI=1S/C20H22ClNO/c21-20-12-8-17(9-13-20)15-23-22-14-16-6-10-19(11-7-16)18-4-2-1-3-5-18/h6-14,18H,1-5,15H2. The number of rotatable bonds is 5. The second-order valence-corrected chi connectivity index (χ2v) is 6.57. The molecule has 0 amide bonds. The van der Waals surface area contributed by atoms with Crippen LogP contribution in [0.2, 0.25) is 5.02 Å². The Balaban J connectivity index is 1.50. The molecule has 1 fully saturated rings. The lowest BCUT2D eigenvalue weighted by Gasteiger charge is -2.21. The van der Waals surface area contributed by atoms with E-state index >= 15 is 0 Å². The van der Waals surface area contributed by atoms with E-state index in [2.05, 4.69) is 29.4 Å². The van der Waals surface area contributed by atoms with E-state index in [1.807, 2.05) is 24.3 Å². The van der Waals surface area contributed by atoms with E-state index < -0.39 is 0 Å². The predicted molar refractivity (Wildman–Crippen MR) is 96.1 cm³/mol. The van der Waals surface area contributed by atoms with Crippen LogP contribution >= 0.6 is 11.6 Å². The van der Waals surface area contributed by atoms with Crippen LogP contribution in [0.15, 0.2) is 53.7 Å². The molecule has 0 bridgehead atoms. The molecule has 0 unspecified atom stereocenters. The van der Waals surface area contributed by atoms with Crippen molar-refractivity contribution in [2.45, 2.75) is 44.6 Å². The van der Waals surface area contributed by atoms with E-state index in [0.29, 0.717) is 6.61 Å². The van der Waals surface area contributed by atoms with Crippen LogP contribution in [0, 0.1) is 0 Å². The van der Waals surface area contributed by atoms with Gasteiger partial charge in [0, 0.05) is 5.02 Å². The van der Waals surface area contributed by atoms with Crippen molar-refractivity contribution in [1.29, 1.82) is 0 Å². The maximum atomic E-state index is 5.85. The van der Waals surface area contributed by atoms with Crippen molar-refractivity contribution in [2.75, 3.05) is 0 Å². The lowest BCUT2D eigenvalue weighted by molar-refractivity contribution is 0.132. The van der Waals surface area contributed by atoms with Crippen LogP contribution in [-0.4, -0.2) is 6.21 Å². The Hall–Kier alpha value is -1.80. The second kappa shape index (κ2) is 8.16. The molecule has 0 atom stereocenters. The molecule has 0 aromatic heterocycles. The third-order valence-corrected chi connectivity index (χ3v) is 4.69. The molecule has 0 spiro atoms. The highest BCUT2D eigenvalue weighted by Crippen LogP contribution is 2.32. The maximum absolute atomic E-state index is 5.85. The molecule has 1 aliphatic rings. The van der Waals surface area contributed by atoms with Gasteiger partial charge in [-0.2, -0.15) is 0 Å². The van der Waals surface area contributed by atoms with Gasteiger partial charge in [-0.05, 0) is 47.6 Å². The van der Waals surface area contributed by atoms with E-state index in [4.69, 9.17) is 16.4 Å². The largest absolute Gasteiger partial charge is 0.391 e. The van der Waals surface area contributed by atoms with Gasteiger partial charge in [0.05, 0.1) is 6.21 Å². The summed E-state index contributed by atoms with van der Waals surface area (Å²) in [6.45, 7) is 0.452. The Morgan fingerprint density at radius 2 is 1.65 bits per heavy atom. The first-order chi connectivity index (χ1) is 11.3. The minimum atomic E-state index is 0.452. The van der Waals surface area contributed by atoms with Crippen molar-refractivity contribution in [1.82, 2.24) is 0 Å². The highest BCUT2D eigenvalue weighted by atomic mass is 35.5. The monoisotopic (exact) mass is 327 g/mol. The Morgan fingerprint density at radius 1 is 0.957 bits per heavy atom. The van der Waals surface area contributed by atoms with Crippen LogP contribution in [0.1, 0.15) is 54.7 Å². The second-order valence-electron chi connectivity index (χ2n) is 6.14. The lowest BCUT2D eigenvalue weighted by Crippen LogP contribution is -2.04. The van der Waals surface area contributed by atoms with Gasteiger partial charge in [-0.1, -0.05) is 72.4 Å². The summed E-state index contributed by atoms with van der Waals surface area (Å²) in [4.78, 5) is 5.34. The smallest absolute Gasteiger partial charge is 0.142 e. The van der Waals surface area contributed by atoms with Crippen LogP contribution < -0.4 is 0 Å². The molecule has 0 saturated heterocycles. The van der Waals surface area contributed by atoms with E-state index in [-0.39, 0.29) is 0 Å². The topological polar surface area (TPSA) is 21.6 Å². The molecule has 2 aromatic carbocycles. The molecule has 0 aliphatic heterocycles. The quantitative estimate of drug-likeness (QED) is 0.492. The fourth-order valence-electron chi connectivity index (χ4n) is 3.08. The molecule has 0 radical (unpaired) electrons. The fraction of sp³-hybridized carbons (Fsp3) is 0.350. The van der Waals surface area contributed by atoms with Crippen LogP contribution in [0.3, 0.4) is 0 Å². The molecule has 0 N–H and O–H groups in total. The molecule has 3 rings (SSSR count). The summed E-state index contributed by atoms with van der Waals surface area (Å²) < 4.78 is 0. The van der Waals surface area contributed by atoms with Crippen molar-refractivity contribution in [3.8, 4) is 0 Å². The number of oxime groups is 1. The van der Waals surface area contributed by atoms with Gasteiger partial charge in [-0.15, -0.1) is 0 Å². The maximum Gasteiger partial charge on any atom is 0.142 e. The zero-order chi connectivity index (χ0) is 15.9. The van der Waals surface area contributed by atoms with E-state index in [1.165, 1.54) is 37.7 Å². The molecule has 120 valence electrons. The van der Waals surface area contributed by atoms with Crippen LogP contribution in [0.25, 0.3) is 0 Å². The Bertz CT molecular complexity index is 628. The van der Waals surface area contributed by atoms with E-state index in [1.54, 1.807) is 6.21 Å². The summed E-state index contributed by atoms with van der Waals surface area (Å²) in [5.74, 6) is 0.746. The van der Waals surface area contributed by atoms with Gasteiger partial charge in [0.15, 0.2) is 0 Å².